The zero-order valence-corrected chi connectivity index (χ0v) is 9.01. The average molecular weight is 212 g/mol. The van der Waals surface area contributed by atoms with E-state index in [0.717, 1.165) is 24.5 Å². The standard InChI is InChI=1S/C10H14ClN3/c1-2-3-9-13-8(11)6-10(14-9)12-7-4-5-7/h6-7H,2-5H2,1H3,(H,12,13,14). The van der Waals surface area contributed by atoms with Crippen molar-refractivity contribution in [3.63, 3.8) is 0 Å². The van der Waals surface area contributed by atoms with Crippen molar-refractivity contribution in [1.29, 1.82) is 0 Å². The number of hydrogen-bond acceptors (Lipinski definition) is 3. The van der Waals surface area contributed by atoms with E-state index in [1.807, 2.05) is 0 Å². The van der Waals surface area contributed by atoms with E-state index in [0.29, 0.717) is 11.2 Å². The third kappa shape index (κ3) is 2.58. The number of hydrogen-bond donors (Lipinski definition) is 1. The van der Waals surface area contributed by atoms with E-state index in [9.17, 15) is 0 Å². The molecule has 0 aliphatic heterocycles. The topological polar surface area (TPSA) is 37.8 Å². The van der Waals surface area contributed by atoms with E-state index in [-0.39, 0.29) is 0 Å². The number of anilines is 1. The van der Waals surface area contributed by atoms with Crippen LogP contribution >= 0.6 is 11.6 Å². The van der Waals surface area contributed by atoms with Gasteiger partial charge in [0.15, 0.2) is 0 Å². The first-order valence-corrected chi connectivity index (χ1v) is 5.45. The van der Waals surface area contributed by atoms with Gasteiger partial charge in [-0.25, -0.2) is 9.97 Å². The van der Waals surface area contributed by atoms with Gasteiger partial charge in [-0.05, 0) is 19.3 Å². The molecule has 1 aliphatic carbocycles. The van der Waals surface area contributed by atoms with E-state index in [2.05, 4.69) is 22.2 Å². The van der Waals surface area contributed by atoms with Crippen molar-refractivity contribution in [1.82, 2.24) is 9.97 Å². The van der Waals surface area contributed by atoms with E-state index < -0.39 is 0 Å². The van der Waals surface area contributed by atoms with Gasteiger partial charge in [0.2, 0.25) is 0 Å². The monoisotopic (exact) mass is 211 g/mol. The number of nitrogens with one attached hydrogen (secondary N) is 1. The predicted molar refractivity (Wildman–Crippen MR) is 57.7 cm³/mol. The Bertz CT molecular complexity index is 323. The maximum Gasteiger partial charge on any atom is 0.134 e. The van der Waals surface area contributed by atoms with Crippen molar-refractivity contribution in [2.24, 2.45) is 0 Å². The van der Waals surface area contributed by atoms with Crippen molar-refractivity contribution in [2.45, 2.75) is 38.6 Å². The molecule has 14 heavy (non-hydrogen) atoms. The van der Waals surface area contributed by atoms with Gasteiger partial charge in [-0.1, -0.05) is 18.5 Å². The highest BCUT2D eigenvalue weighted by atomic mass is 35.5. The van der Waals surface area contributed by atoms with Gasteiger partial charge >= 0.3 is 0 Å². The van der Waals surface area contributed by atoms with Crippen molar-refractivity contribution in [3.8, 4) is 0 Å². The van der Waals surface area contributed by atoms with Crippen LogP contribution in [-0.2, 0) is 6.42 Å². The summed E-state index contributed by atoms with van der Waals surface area (Å²) in [4.78, 5) is 8.56. The molecule has 2 rings (SSSR count). The Hall–Kier alpha value is -0.830. The van der Waals surface area contributed by atoms with Gasteiger partial charge < -0.3 is 5.32 Å². The van der Waals surface area contributed by atoms with E-state index in [4.69, 9.17) is 11.6 Å². The molecule has 1 aliphatic rings. The molecule has 0 saturated heterocycles. The maximum absolute atomic E-state index is 5.90. The second kappa shape index (κ2) is 4.13. The summed E-state index contributed by atoms with van der Waals surface area (Å²) in [6.45, 7) is 2.11. The Morgan fingerprint density at radius 3 is 2.93 bits per heavy atom. The predicted octanol–water partition coefficient (Wildman–Crippen LogP) is 2.66. The molecule has 76 valence electrons. The van der Waals surface area contributed by atoms with Crippen molar-refractivity contribution < 1.29 is 0 Å². The van der Waals surface area contributed by atoms with Gasteiger partial charge in [0.05, 0.1) is 0 Å². The summed E-state index contributed by atoms with van der Waals surface area (Å²) in [7, 11) is 0. The van der Waals surface area contributed by atoms with Crippen LogP contribution in [0.5, 0.6) is 0 Å². The van der Waals surface area contributed by atoms with Crippen LogP contribution in [0.25, 0.3) is 0 Å². The average Bonchev–Trinajstić information content (AvgIpc) is 2.87. The van der Waals surface area contributed by atoms with Crippen LogP contribution in [0.2, 0.25) is 5.15 Å². The molecule has 1 fully saturated rings. The quantitative estimate of drug-likeness (QED) is 0.779. The second-order valence-corrected chi connectivity index (χ2v) is 4.05. The summed E-state index contributed by atoms with van der Waals surface area (Å²) in [6, 6.07) is 2.40. The zero-order valence-electron chi connectivity index (χ0n) is 8.26. The number of rotatable bonds is 4. The molecule has 0 aromatic carbocycles. The van der Waals surface area contributed by atoms with Gasteiger partial charge in [-0.3, -0.25) is 0 Å². The van der Waals surface area contributed by atoms with E-state index in [1.54, 1.807) is 6.07 Å². The Morgan fingerprint density at radius 1 is 1.50 bits per heavy atom. The van der Waals surface area contributed by atoms with E-state index >= 15 is 0 Å². The largest absolute Gasteiger partial charge is 0.367 e. The molecule has 1 saturated carbocycles. The van der Waals surface area contributed by atoms with Crippen LogP contribution in [0, 0.1) is 0 Å². The number of halogens is 1. The molecule has 1 N–H and O–H groups in total. The zero-order chi connectivity index (χ0) is 9.97. The first-order chi connectivity index (χ1) is 6.78. The molecular formula is C10H14ClN3. The molecule has 1 aromatic rings. The Kier molecular flexibility index (Phi) is 2.87. The Balaban J connectivity index is 2.12. The maximum atomic E-state index is 5.90. The van der Waals surface area contributed by atoms with Crippen molar-refractivity contribution >= 4 is 17.4 Å². The lowest BCUT2D eigenvalue weighted by Crippen LogP contribution is -2.06. The fourth-order valence-corrected chi connectivity index (χ4v) is 1.51. The number of aryl methyl sites for hydroxylation is 1. The SMILES string of the molecule is CCCc1nc(Cl)cc(NC2CC2)n1. The molecule has 0 atom stereocenters. The summed E-state index contributed by atoms with van der Waals surface area (Å²) < 4.78 is 0. The number of nitrogens with zero attached hydrogens (tertiary/aromatic N) is 2. The molecule has 1 heterocycles. The second-order valence-electron chi connectivity index (χ2n) is 3.66. The fraction of sp³-hybridized carbons (Fsp3) is 0.600. The van der Waals surface area contributed by atoms with Crippen molar-refractivity contribution in [2.75, 3.05) is 5.32 Å². The normalized spacial score (nSPS) is 15.6. The van der Waals surface area contributed by atoms with Gasteiger partial charge in [0, 0.05) is 18.5 Å². The minimum Gasteiger partial charge on any atom is -0.367 e. The highest BCUT2D eigenvalue weighted by Gasteiger charge is 2.21. The van der Waals surface area contributed by atoms with E-state index in [1.165, 1.54) is 12.8 Å². The van der Waals surface area contributed by atoms with Crippen LogP contribution in [-0.4, -0.2) is 16.0 Å². The smallest absolute Gasteiger partial charge is 0.134 e. The molecule has 0 amide bonds. The summed E-state index contributed by atoms with van der Waals surface area (Å²) in [5.74, 6) is 1.71. The molecule has 3 nitrogen and oxygen atoms in total. The summed E-state index contributed by atoms with van der Waals surface area (Å²) in [5.41, 5.74) is 0. The van der Waals surface area contributed by atoms with Crippen LogP contribution in [0.1, 0.15) is 32.0 Å². The molecule has 4 heteroatoms. The molecular weight excluding hydrogens is 198 g/mol. The molecule has 0 radical (unpaired) electrons. The fourth-order valence-electron chi connectivity index (χ4n) is 1.31. The van der Waals surface area contributed by atoms with Gasteiger partial charge in [-0.15, -0.1) is 0 Å². The molecule has 1 aromatic heterocycles. The summed E-state index contributed by atoms with van der Waals surface area (Å²) >= 11 is 5.90. The third-order valence-corrected chi connectivity index (χ3v) is 2.34. The number of aromatic nitrogens is 2. The Morgan fingerprint density at radius 2 is 2.29 bits per heavy atom. The lowest BCUT2D eigenvalue weighted by molar-refractivity contribution is 0.834. The van der Waals surface area contributed by atoms with Crippen LogP contribution in [0.3, 0.4) is 0 Å². The lowest BCUT2D eigenvalue weighted by Gasteiger charge is -2.05. The molecule has 0 bridgehead atoms. The first kappa shape index (κ1) is 9.71. The van der Waals surface area contributed by atoms with Gasteiger partial charge in [-0.2, -0.15) is 0 Å². The first-order valence-electron chi connectivity index (χ1n) is 5.08. The summed E-state index contributed by atoms with van der Waals surface area (Å²) in [5, 5.41) is 3.85. The van der Waals surface area contributed by atoms with Crippen LogP contribution in [0.15, 0.2) is 6.07 Å². The minimum absolute atomic E-state index is 0.534. The van der Waals surface area contributed by atoms with Crippen LogP contribution in [0.4, 0.5) is 5.82 Å². The molecule has 0 unspecified atom stereocenters. The lowest BCUT2D eigenvalue weighted by atomic mass is 10.3. The highest BCUT2D eigenvalue weighted by Crippen LogP contribution is 2.24. The third-order valence-electron chi connectivity index (χ3n) is 2.14. The minimum atomic E-state index is 0.534. The Labute approximate surface area is 88.9 Å². The van der Waals surface area contributed by atoms with Gasteiger partial charge in [0.25, 0.3) is 0 Å². The van der Waals surface area contributed by atoms with Crippen LogP contribution < -0.4 is 5.32 Å². The highest BCUT2D eigenvalue weighted by molar-refractivity contribution is 6.29. The van der Waals surface area contributed by atoms with Crippen molar-refractivity contribution in [3.05, 3.63) is 17.0 Å². The molecule has 0 spiro atoms. The summed E-state index contributed by atoms with van der Waals surface area (Å²) in [6.07, 6.45) is 4.42. The van der Waals surface area contributed by atoms with Gasteiger partial charge in [0.1, 0.15) is 16.8 Å².